The molecule has 17 heavy (non-hydrogen) atoms. The summed E-state index contributed by atoms with van der Waals surface area (Å²) in [6.07, 6.45) is 0. The van der Waals surface area contributed by atoms with Crippen molar-refractivity contribution in [3.63, 3.8) is 0 Å². The Kier molecular flexibility index (Phi) is 6.50. The highest BCUT2D eigenvalue weighted by Crippen LogP contribution is 2.26. The van der Waals surface area contributed by atoms with Gasteiger partial charge in [-0.15, -0.1) is 12.4 Å². The Labute approximate surface area is 103 Å². The average Bonchev–Trinajstić information content (AvgIpc) is 2.24. The van der Waals surface area contributed by atoms with Crippen molar-refractivity contribution in [2.24, 2.45) is 0 Å². The smallest absolute Gasteiger partial charge is 0.341 e. The number of hydrogen-bond donors (Lipinski definition) is 2. The highest BCUT2D eigenvalue weighted by Gasteiger charge is 2.07. The van der Waals surface area contributed by atoms with Crippen molar-refractivity contribution >= 4 is 24.3 Å². The van der Waals surface area contributed by atoms with E-state index in [9.17, 15) is 9.59 Å². The van der Waals surface area contributed by atoms with Gasteiger partial charge in [0.05, 0.1) is 0 Å². The Hall–Kier alpha value is -1.95. The van der Waals surface area contributed by atoms with Crippen LogP contribution >= 0.6 is 12.4 Å². The zero-order valence-electron chi connectivity index (χ0n) is 8.66. The quantitative estimate of drug-likeness (QED) is 0.795. The summed E-state index contributed by atoms with van der Waals surface area (Å²) < 4.78 is 9.83. The lowest BCUT2D eigenvalue weighted by Crippen LogP contribution is -2.12. The third kappa shape index (κ3) is 5.62. The number of carbonyl (C=O) groups is 2. The van der Waals surface area contributed by atoms with E-state index in [1.807, 2.05) is 0 Å². The third-order valence-corrected chi connectivity index (χ3v) is 1.55. The molecule has 0 atom stereocenters. The molecule has 0 aliphatic carbocycles. The summed E-state index contributed by atoms with van der Waals surface area (Å²) in [5.41, 5.74) is 0. The summed E-state index contributed by atoms with van der Waals surface area (Å²) in [5, 5.41) is 16.8. The van der Waals surface area contributed by atoms with Gasteiger partial charge >= 0.3 is 11.9 Å². The summed E-state index contributed by atoms with van der Waals surface area (Å²) in [7, 11) is 0. The first-order valence-electron chi connectivity index (χ1n) is 4.38. The van der Waals surface area contributed by atoms with Crippen LogP contribution in [0.2, 0.25) is 0 Å². The van der Waals surface area contributed by atoms with Crippen LogP contribution in [0.3, 0.4) is 0 Å². The fraction of sp³-hybridized carbons (Fsp3) is 0.200. The van der Waals surface area contributed by atoms with E-state index in [2.05, 4.69) is 0 Å². The first-order chi connectivity index (χ1) is 7.59. The van der Waals surface area contributed by atoms with Crippen LogP contribution in [0.4, 0.5) is 0 Å². The molecule has 0 unspecified atom stereocenters. The van der Waals surface area contributed by atoms with E-state index in [4.69, 9.17) is 19.7 Å². The molecule has 7 heteroatoms. The summed E-state index contributed by atoms with van der Waals surface area (Å²) in [6.45, 7) is -1.01. The summed E-state index contributed by atoms with van der Waals surface area (Å²) >= 11 is 0. The Balaban J connectivity index is 0.00000256. The first-order valence-corrected chi connectivity index (χ1v) is 4.38. The van der Waals surface area contributed by atoms with Crippen LogP contribution in [-0.4, -0.2) is 35.4 Å². The minimum absolute atomic E-state index is 0. The molecule has 0 fully saturated rings. The maximum Gasteiger partial charge on any atom is 0.341 e. The second kappa shape index (κ2) is 7.34. The molecule has 0 heterocycles. The Morgan fingerprint density at radius 1 is 0.941 bits per heavy atom. The number of aliphatic carboxylic acids is 2. The standard InChI is InChI=1S/C10H10O6.ClH/c11-9(12)5-15-7-3-1-2-4-8(7)16-6-10(13)14;/h1-4H,5-6H2,(H,11,12)(H,13,14);1H. The number of halogens is 1. The number of carboxylic acid groups (broad SMARTS) is 2. The first kappa shape index (κ1) is 15.0. The zero-order chi connectivity index (χ0) is 12.0. The predicted octanol–water partition coefficient (Wildman–Crippen LogP) is 1.04. The molecule has 0 amide bonds. The van der Waals surface area contributed by atoms with Crippen molar-refractivity contribution in [1.29, 1.82) is 0 Å². The van der Waals surface area contributed by atoms with Crippen LogP contribution in [0.5, 0.6) is 11.5 Å². The Bertz CT molecular complexity index is 355. The molecule has 1 aromatic carbocycles. The second-order valence-corrected chi connectivity index (χ2v) is 2.81. The number of hydrogen-bond acceptors (Lipinski definition) is 4. The molecule has 0 bridgehead atoms. The molecule has 0 spiro atoms. The Morgan fingerprint density at radius 3 is 1.59 bits per heavy atom. The average molecular weight is 263 g/mol. The van der Waals surface area contributed by atoms with E-state index < -0.39 is 25.2 Å². The van der Waals surface area contributed by atoms with Crippen LogP contribution in [0, 0.1) is 0 Å². The monoisotopic (exact) mass is 262 g/mol. The fourth-order valence-corrected chi connectivity index (χ4v) is 0.968. The number of carboxylic acids is 2. The molecule has 94 valence electrons. The van der Waals surface area contributed by atoms with E-state index in [0.29, 0.717) is 0 Å². The van der Waals surface area contributed by atoms with E-state index in [1.54, 1.807) is 12.1 Å². The summed E-state index contributed by atoms with van der Waals surface area (Å²) in [4.78, 5) is 20.6. The van der Waals surface area contributed by atoms with Crippen LogP contribution in [-0.2, 0) is 9.59 Å². The van der Waals surface area contributed by atoms with Gasteiger partial charge in [0.1, 0.15) is 0 Å². The summed E-state index contributed by atoms with van der Waals surface area (Å²) in [5.74, 6) is -1.83. The number of benzene rings is 1. The van der Waals surface area contributed by atoms with Crippen LogP contribution in [0.1, 0.15) is 0 Å². The van der Waals surface area contributed by atoms with Crippen LogP contribution < -0.4 is 9.47 Å². The molecule has 0 aliphatic rings. The van der Waals surface area contributed by atoms with Crippen molar-refractivity contribution < 1.29 is 29.3 Å². The molecule has 2 N–H and O–H groups in total. The van der Waals surface area contributed by atoms with Gasteiger partial charge in [-0.3, -0.25) is 0 Å². The minimum Gasteiger partial charge on any atom is -0.479 e. The van der Waals surface area contributed by atoms with Crippen molar-refractivity contribution in [2.45, 2.75) is 0 Å². The van der Waals surface area contributed by atoms with Gasteiger partial charge in [0.25, 0.3) is 0 Å². The molecule has 0 saturated heterocycles. The van der Waals surface area contributed by atoms with E-state index in [1.165, 1.54) is 12.1 Å². The lowest BCUT2D eigenvalue weighted by Gasteiger charge is -2.09. The predicted molar refractivity (Wildman–Crippen MR) is 60.0 cm³/mol. The second-order valence-electron chi connectivity index (χ2n) is 2.81. The van der Waals surface area contributed by atoms with Gasteiger partial charge in [-0.2, -0.15) is 0 Å². The molecule has 0 radical (unpaired) electrons. The van der Waals surface area contributed by atoms with Gasteiger partial charge in [-0.1, -0.05) is 12.1 Å². The zero-order valence-corrected chi connectivity index (χ0v) is 9.48. The normalized spacial score (nSPS) is 8.94. The number of ether oxygens (including phenoxy) is 2. The highest BCUT2D eigenvalue weighted by atomic mass is 35.5. The lowest BCUT2D eigenvalue weighted by molar-refractivity contribution is -0.140. The van der Waals surface area contributed by atoms with Crippen LogP contribution in [0.25, 0.3) is 0 Å². The van der Waals surface area contributed by atoms with E-state index >= 15 is 0 Å². The third-order valence-electron chi connectivity index (χ3n) is 1.55. The molecule has 0 saturated carbocycles. The fourth-order valence-electron chi connectivity index (χ4n) is 0.968. The van der Waals surface area contributed by atoms with Gasteiger partial charge in [-0.25, -0.2) is 9.59 Å². The van der Waals surface area contributed by atoms with Gasteiger partial charge in [-0.05, 0) is 12.1 Å². The number of para-hydroxylation sites is 2. The van der Waals surface area contributed by atoms with Crippen molar-refractivity contribution in [3.8, 4) is 11.5 Å². The summed E-state index contributed by atoms with van der Waals surface area (Å²) in [6, 6.07) is 6.26. The lowest BCUT2D eigenvalue weighted by atomic mass is 10.3. The van der Waals surface area contributed by atoms with Crippen molar-refractivity contribution in [1.82, 2.24) is 0 Å². The van der Waals surface area contributed by atoms with Crippen molar-refractivity contribution in [2.75, 3.05) is 13.2 Å². The molecule has 1 aromatic rings. The highest BCUT2D eigenvalue weighted by molar-refractivity contribution is 5.85. The van der Waals surface area contributed by atoms with Crippen molar-refractivity contribution in [3.05, 3.63) is 24.3 Å². The van der Waals surface area contributed by atoms with Crippen LogP contribution in [0.15, 0.2) is 24.3 Å². The molecule has 6 nitrogen and oxygen atoms in total. The van der Waals surface area contributed by atoms with Gasteiger partial charge in [0, 0.05) is 0 Å². The molecule has 0 aliphatic heterocycles. The van der Waals surface area contributed by atoms with Gasteiger partial charge in [0.15, 0.2) is 24.7 Å². The largest absolute Gasteiger partial charge is 0.479 e. The molecule has 0 aromatic heterocycles. The minimum atomic E-state index is -1.12. The molecular weight excluding hydrogens is 252 g/mol. The van der Waals surface area contributed by atoms with Gasteiger partial charge in [0.2, 0.25) is 0 Å². The number of rotatable bonds is 6. The molecule has 1 rings (SSSR count). The topological polar surface area (TPSA) is 93.1 Å². The van der Waals surface area contributed by atoms with Gasteiger partial charge < -0.3 is 19.7 Å². The maximum absolute atomic E-state index is 10.3. The van der Waals surface area contributed by atoms with E-state index in [-0.39, 0.29) is 23.9 Å². The van der Waals surface area contributed by atoms with E-state index in [0.717, 1.165) is 0 Å². The molecular formula is C10H11ClO6. The Morgan fingerprint density at radius 2 is 1.29 bits per heavy atom. The SMILES string of the molecule is Cl.O=C(O)COc1ccccc1OCC(=O)O. The maximum atomic E-state index is 10.3.